The van der Waals surface area contributed by atoms with Gasteiger partial charge in [0.15, 0.2) is 39.1 Å². The Kier molecular flexibility index (Phi) is 30.4. The van der Waals surface area contributed by atoms with E-state index in [1.165, 1.54) is 16.7 Å². The fraction of sp³-hybridized carbons (Fsp3) is 0.635. The SMILES string of the molecule is CC(=O)NC(CCc1ccc(C(=O)CCCCCc2ccccc2)cc1)(CO[Si](C)(C)C(C)(C)C)CO[Si](C)(C)C(C)(C)C.CC(=O)NC(CCc1ccc(C(O)CCCCCc2ccccc2)cc1)(CO[Si](C)(C)C(C)(C)C)CO[Si](C)(C)C(C)(C)C. The van der Waals surface area contributed by atoms with E-state index in [-0.39, 0.29) is 37.8 Å². The van der Waals surface area contributed by atoms with E-state index in [4.69, 9.17) is 17.7 Å². The van der Waals surface area contributed by atoms with Crippen LogP contribution in [0.25, 0.3) is 0 Å². The summed E-state index contributed by atoms with van der Waals surface area (Å²) in [5.41, 5.74) is 5.51. The lowest BCUT2D eigenvalue weighted by atomic mass is 9.92. The predicted octanol–water partition coefficient (Wildman–Crippen LogP) is 18.9. The van der Waals surface area contributed by atoms with E-state index in [0.29, 0.717) is 45.7 Å². The Labute approximate surface area is 541 Å². The molecule has 3 N–H and O–H groups in total. The lowest BCUT2D eigenvalue weighted by Crippen LogP contribution is -2.59. The van der Waals surface area contributed by atoms with Gasteiger partial charge >= 0.3 is 0 Å². The Bertz CT molecular complexity index is 2630. The summed E-state index contributed by atoms with van der Waals surface area (Å²) < 4.78 is 27.0. The van der Waals surface area contributed by atoms with Crippen molar-refractivity contribution in [3.05, 3.63) is 143 Å². The fourth-order valence-corrected chi connectivity index (χ4v) is 13.6. The van der Waals surface area contributed by atoms with Crippen LogP contribution in [0.4, 0.5) is 0 Å². The first-order valence-electron chi connectivity index (χ1n) is 33.1. The number of carbonyl (C=O) groups is 3. The second kappa shape index (κ2) is 34.2. The first-order valence-corrected chi connectivity index (χ1v) is 44.8. The van der Waals surface area contributed by atoms with E-state index in [1.54, 1.807) is 13.8 Å². The van der Waals surface area contributed by atoms with Crippen LogP contribution in [-0.2, 0) is 53.0 Å². The zero-order chi connectivity index (χ0) is 66.5. The van der Waals surface area contributed by atoms with Gasteiger partial charge in [0, 0.05) is 25.8 Å². The zero-order valence-electron chi connectivity index (χ0n) is 59.5. The molecule has 0 spiro atoms. The number of Topliss-reactive ketones (excluding diaryl/α,β-unsaturated/α-hetero) is 1. The maximum Gasteiger partial charge on any atom is 0.217 e. The molecule has 0 aliphatic rings. The van der Waals surface area contributed by atoms with Gasteiger partial charge < -0.3 is 33.4 Å². The van der Waals surface area contributed by atoms with Crippen molar-refractivity contribution in [3.8, 4) is 0 Å². The number of ketones is 1. The van der Waals surface area contributed by atoms with Crippen LogP contribution in [0.5, 0.6) is 0 Å². The molecule has 4 aromatic rings. The van der Waals surface area contributed by atoms with Crippen molar-refractivity contribution >= 4 is 50.9 Å². The largest absolute Gasteiger partial charge is 0.414 e. The van der Waals surface area contributed by atoms with E-state index in [1.807, 2.05) is 18.2 Å². The summed E-state index contributed by atoms with van der Waals surface area (Å²) in [6.07, 6.45) is 12.3. The van der Waals surface area contributed by atoms with Crippen LogP contribution < -0.4 is 10.6 Å². The Morgan fingerprint density at radius 3 is 1.03 bits per heavy atom. The standard InChI is InChI=1S/C37H63NO4Si2.C37H61NO4Si2/c2*1-30(39)38-37(28-41-43(8,9)35(2,3)4,29-42-44(10,11)36(5,6)7)27-26-32-22-24-33(25-23-32)34(40)21-17-13-16-20-31-18-14-12-15-19-31/h12,14-15,18-19,22-25,34,40H,13,16-17,20-21,26-29H2,1-11H3,(H,38,39);12,14-15,18-19,22-25H,13,16-17,20-21,26-29H2,1-11H3,(H,38,39). The van der Waals surface area contributed by atoms with E-state index in [9.17, 15) is 19.5 Å². The van der Waals surface area contributed by atoms with Gasteiger partial charge in [-0.2, -0.15) is 0 Å². The second-order valence-electron chi connectivity index (χ2n) is 31.6. The molecule has 494 valence electrons. The Morgan fingerprint density at radius 2 is 0.716 bits per heavy atom. The van der Waals surface area contributed by atoms with Gasteiger partial charge in [0.05, 0.1) is 43.6 Å². The quantitative estimate of drug-likeness (QED) is 0.0239. The van der Waals surface area contributed by atoms with E-state index < -0.39 is 50.5 Å². The molecule has 88 heavy (non-hydrogen) atoms. The smallest absolute Gasteiger partial charge is 0.217 e. The summed E-state index contributed by atoms with van der Waals surface area (Å²) in [7, 11) is -8.27. The first kappa shape index (κ1) is 78.4. The van der Waals surface area contributed by atoms with Crippen molar-refractivity contribution in [2.45, 2.75) is 277 Å². The fourth-order valence-electron chi connectivity index (χ4n) is 9.29. The van der Waals surface area contributed by atoms with Crippen LogP contribution in [0.2, 0.25) is 72.5 Å². The minimum absolute atomic E-state index is 0.0551. The molecule has 4 rings (SSSR count). The van der Waals surface area contributed by atoms with Crippen LogP contribution in [0, 0.1) is 0 Å². The lowest BCUT2D eigenvalue weighted by molar-refractivity contribution is -0.123. The number of amides is 2. The van der Waals surface area contributed by atoms with Crippen molar-refractivity contribution in [2.24, 2.45) is 0 Å². The first-order chi connectivity index (χ1) is 40.5. The van der Waals surface area contributed by atoms with Gasteiger partial charge in [0.25, 0.3) is 0 Å². The third kappa shape index (κ3) is 26.8. The number of carbonyl (C=O) groups excluding carboxylic acids is 3. The maximum atomic E-state index is 12.9. The molecule has 0 aromatic heterocycles. The third-order valence-corrected chi connectivity index (χ3v) is 37.8. The number of aliphatic hydroxyl groups is 1. The average Bonchev–Trinajstić information content (AvgIpc) is 2.10. The molecule has 1 unspecified atom stereocenters. The normalized spacial score (nSPS) is 13.6. The summed E-state index contributed by atoms with van der Waals surface area (Å²) in [5.74, 6) is 0.0617. The Morgan fingerprint density at radius 1 is 0.409 bits per heavy atom. The van der Waals surface area contributed by atoms with Crippen molar-refractivity contribution in [1.29, 1.82) is 0 Å². The molecule has 0 radical (unpaired) electrons. The summed E-state index contributed by atoms with van der Waals surface area (Å²) in [6.45, 7) is 49.7. The molecular weight excluding hydrogens is 1160 g/mol. The van der Waals surface area contributed by atoms with Crippen molar-refractivity contribution < 1.29 is 37.2 Å². The molecular formula is C74H124N2O8Si4. The number of aliphatic hydroxyl groups excluding tert-OH is 1. The molecule has 1 atom stereocenters. The summed E-state index contributed by atoms with van der Waals surface area (Å²) >= 11 is 0. The molecule has 0 bridgehead atoms. The molecule has 0 saturated carbocycles. The highest BCUT2D eigenvalue weighted by Crippen LogP contribution is 2.42. The molecule has 14 heteroatoms. The molecule has 10 nitrogen and oxygen atoms in total. The number of nitrogens with one attached hydrogen (secondary N) is 2. The van der Waals surface area contributed by atoms with Gasteiger partial charge in [0.2, 0.25) is 11.8 Å². The maximum absolute atomic E-state index is 12.9. The summed E-state index contributed by atoms with van der Waals surface area (Å²) in [5, 5.41) is 17.7. The summed E-state index contributed by atoms with van der Waals surface area (Å²) in [4.78, 5) is 38.1. The van der Waals surface area contributed by atoms with Gasteiger partial charge in [-0.05, 0) is 165 Å². The van der Waals surface area contributed by atoms with Crippen molar-refractivity contribution in [3.63, 3.8) is 0 Å². The Hall–Kier alpha value is -3.84. The third-order valence-electron chi connectivity index (χ3n) is 19.9. The average molecular weight is 1280 g/mol. The van der Waals surface area contributed by atoms with Gasteiger partial charge in [-0.3, -0.25) is 14.4 Å². The molecule has 2 amide bonds. The van der Waals surface area contributed by atoms with Gasteiger partial charge in [-0.25, -0.2) is 0 Å². The number of hydrogen-bond acceptors (Lipinski definition) is 8. The second-order valence-corrected chi connectivity index (χ2v) is 50.9. The molecule has 0 aliphatic carbocycles. The molecule has 4 aromatic carbocycles. The number of aryl methyl sites for hydroxylation is 4. The lowest BCUT2D eigenvalue weighted by Gasteiger charge is -2.44. The van der Waals surface area contributed by atoms with Crippen LogP contribution in [-0.4, -0.2) is 93.5 Å². The molecule has 0 fully saturated rings. The van der Waals surface area contributed by atoms with Gasteiger partial charge in [-0.15, -0.1) is 0 Å². The predicted molar refractivity (Wildman–Crippen MR) is 382 cm³/mol. The van der Waals surface area contributed by atoms with E-state index >= 15 is 0 Å². The summed E-state index contributed by atoms with van der Waals surface area (Å²) in [6, 6.07) is 37.5. The van der Waals surface area contributed by atoms with Crippen molar-refractivity contribution in [2.75, 3.05) is 26.4 Å². The minimum atomic E-state index is -2.07. The number of hydrogen-bond donors (Lipinski definition) is 3. The minimum Gasteiger partial charge on any atom is -0.414 e. The molecule has 0 heterocycles. The van der Waals surface area contributed by atoms with Crippen LogP contribution in [0.1, 0.15) is 205 Å². The number of benzene rings is 4. The van der Waals surface area contributed by atoms with Crippen LogP contribution >= 0.6 is 0 Å². The van der Waals surface area contributed by atoms with Gasteiger partial charge in [-0.1, -0.05) is 212 Å². The topological polar surface area (TPSA) is 132 Å². The zero-order valence-corrected chi connectivity index (χ0v) is 63.5. The number of unbranched alkanes of at least 4 members (excludes halogenated alkanes) is 4. The van der Waals surface area contributed by atoms with E-state index in [0.717, 1.165) is 87.3 Å². The number of rotatable bonds is 34. The highest BCUT2D eigenvalue weighted by Gasteiger charge is 2.46. The molecule has 0 aliphatic heterocycles. The van der Waals surface area contributed by atoms with E-state index in [2.05, 4.69) is 237 Å². The van der Waals surface area contributed by atoms with Crippen molar-refractivity contribution in [1.82, 2.24) is 10.6 Å². The Balaban J connectivity index is 0.000000460. The monoisotopic (exact) mass is 1280 g/mol. The van der Waals surface area contributed by atoms with Crippen LogP contribution in [0.15, 0.2) is 109 Å². The molecule has 0 saturated heterocycles. The highest BCUT2D eigenvalue weighted by molar-refractivity contribution is 6.75. The van der Waals surface area contributed by atoms with Crippen LogP contribution in [0.3, 0.4) is 0 Å². The van der Waals surface area contributed by atoms with Gasteiger partial charge in [0.1, 0.15) is 0 Å². The highest BCUT2D eigenvalue weighted by atomic mass is 28.4.